The quantitative estimate of drug-likeness (QED) is 0.0169. The van der Waals surface area contributed by atoms with Crippen molar-refractivity contribution in [3.8, 4) is 0 Å². The molecular formula is C79H144O17P2. The van der Waals surface area contributed by atoms with Gasteiger partial charge >= 0.3 is 39.5 Å². The highest BCUT2D eigenvalue weighted by Crippen LogP contribution is 2.45. The molecule has 0 aliphatic heterocycles. The molecule has 0 aromatic rings. The van der Waals surface area contributed by atoms with E-state index >= 15 is 0 Å². The number of aliphatic hydroxyl groups excluding tert-OH is 1. The minimum absolute atomic E-state index is 0.0972. The number of carbonyl (C=O) groups excluding carboxylic acids is 4. The van der Waals surface area contributed by atoms with Crippen molar-refractivity contribution in [2.75, 3.05) is 39.6 Å². The third-order valence-corrected chi connectivity index (χ3v) is 18.9. The van der Waals surface area contributed by atoms with Crippen LogP contribution in [0.5, 0.6) is 0 Å². The first kappa shape index (κ1) is 94.8. The zero-order valence-electron chi connectivity index (χ0n) is 62.5. The molecule has 0 radical (unpaired) electrons. The first-order valence-corrected chi connectivity index (χ1v) is 42.5. The number of aliphatic hydroxyl groups is 1. The molecule has 0 aliphatic carbocycles. The zero-order chi connectivity index (χ0) is 71.8. The van der Waals surface area contributed by atoms with Gasteiger partial charge in [-0.3, -0.25) is 37.3 Å². The SMILES string of the molecule is CC/C=C\C/C=C\C/C=C\CCCCCCCC(=O)OCC(COP(=O)(O)OCC(O)COP(=O)(O)OCC(COC(=O)CCCCCCC/C=C\C/C=C\CCCCC)OC(=O)CCCCCCCCCCCCCCCCC)OC(=O)CCCCCCCCCCCCCCC. The van der Waals surface area contributed by atoms with Crippen molar-refractivity contribution in [3.05, 3.63) is 60.8 Å². The fourth-order valence-corrected chi connectivity index (χ4v) is 12.6. The molecule has 0 aromatic heterocycles. The molecule has 0 saturated carbocycles. The second kappa shape index (κ2) is 72.1. The maximum atomic E-state index is 13.1. The van der Waals surface area contributed by atoms with E-state index < -0.39 is 97.5 Å². The number of phosphoric ester groups is 2. The van der Waals surface area contributed by atoms with Gasteiger partial charge in [0.2, 0.25) is 0 Å². The number of ether oxygens (including phenoxy) is 4. The summed E-state index contributed by atoms with van der Waals surface area (Å²) in [7, 11) is -9.94. The van der Waals surface area contributed by atoms with Crippen LogP contribution in [0.1, 0.15) is 362 Å². The lowest BCUT2D eigenvalue weighted by atomic mass is 10.0. The van der Waals surface area contributed by atoms with Gasteiger partial charge in [0.15, 0.2) is 12.2 Å². The molecule has 0 spiro atoms. The molecule has 0 fully saturated rings. The van der Waals surface area contributed by atoms with E-state index in [1.165, 1.54) is 135 Å². The summed E-state index contributed by atoms with van der Waals surface area (Å²) < 4.78 is 68.6. The minimum atomic E-state index is -4.97. The normalized spacial score (nSPS) is 14.2. The van der Waals surface area contributed by atoms with Crippen LogP contribution in [0.4, 0.5) is 0 Å². The molecule has 19 heteroatoms. The maximum absolute atomic E-state index is 13.1. The fourth-order valence-electron chi connectivity index (χ4n) is 11.0. The summed E-state index contributed by atoms with van der Waals surface area (Å²) in [6, 6.07) is 0. The van der Waals surface area contributed by atoms with Crippen molar-refractivity contribution in [2.45, 2.75) is 380 Å². The van der Waals surface area contributed by atoms with E-state index in [1.807, 2.05) is 0 Å². The van der Waals surface area contributed by atoms with Crippen LogP contribution in [-0.4, -0.2) is 96.7 Å². The average molecular weight is 1430 g/mol. The van der Waals surface area contributed by atoms with Crippen LogP contribution in [0.2, 0.25) is 0 Å². The van der Waals surface area contributed by atoms with Gasteiger partial charge in [-0.05, 0) is 89.9 Å². The van der Waals surface area contributed by atoms with Gasteiger partial charge in [0.25, 0.3) is 0 Å². The standard InChI is InChI=1S/C79H144O17P2/c1-5-9-13-17-21-25-29-33-36-40-43-47-51-55-59-63-76(81)89-69-74(95-78(83)65-61-57-53-49-45-39-32-28-24-20-16-12-8-4)71-93-97(85,86)91-67-73(80)68-92-98(87,88)94-72-75(96-79(84)66-62-58-54-50-46-42-38-35-31-27-23-19-15-11-7-3)70-90-77(82)64-60-56-52-48-44-41-37-34-30-26-22-18-14-10-6-2/h9,13,21-22,25-26,33-34,36-37,73-75,80H,5-8,10-12,14-20,23-24,27-32,35,38-72H2,1-4H3,(H,85,86)(H,87,88)/b13-9-,25-21-,26-22-,36-33-,37-34-. The van der Waals surface area contributed by atoms with E-state index in [1.54, 1.807) is 0 Å². The number of esters is 4. The lowest BCUT2D eigenvalue weighted by molar-refractivity contribution is -0.161. The second-order valence-corrected chi connectivity index (χ2v) is 29.5. The van der Waals surface area contributed by atoms with Gasteiger partial charge in [-0.2, -0.15) is 0 Å². The number of hydrogen-bond acceptors (Lipinski definition) is 15. The molecule has 17 nitrogen and oxygen atoms in total. The number of unbranched alkanes of at least 4 members (excludes halogenated alkanes) is 39. The Balaban J connectivity index is 5.33. The molecule has 0 rings (SSSR count). The lowest BCUT2D eigenvalue weighted by Crippen LogP contribution is -2.30. The van der Waals surface area contributed by atoms with Crippen molar-refractivity contribution in [2.24, 2.45) is 0 Å². The monoisotopic (exact) mass is 1430 g/mol. The molecule has 5 atom stereocenters. The number of allylic oxidation sites excluding steroid dienone is 10. The van der Waals surface area contributed by atoms with Crippen LogP contribution < -0.4 is 0 Å². The maximum Gasteiger partial charge on any atom is 0.472 e. The molecule has 0 aliphatic rings. The van der Waals surface area contributed by atoms with Gasteiger partial charge in [0.1, 0.15) is 19.3 Å². The molecule has 0 heterocycles. The van der Waals surface area contributed by atoms with Gasteiger partial charge < -0.3 is 33.8 Å². The van der Waals surface area contributed by atoms with Gasteiger partial charge in [-0.1, -0.05) is 307 Å². The fraction of sp³-hybridized carbons (Fsp3) is 0.823. The van der Waals surface area contributed by atoms with Crippen LogP contribution in [0.25, 0.3) is 0 Å². The summed E-state index contributed by atoms with van der Waals surface area (Å²) >= 11 is 0. The summed E-state index contributed by atoms with van der Waals surface area (Å²) in [5, 5.41) is 10.6. The van der Waals surface area contributed by atoms with E-state index in [0.29, 0.717) is 25.7 Å². The van der Waals surface area contributed by atoms with Crippen LogP contribution in [0, 0.1) is 0 Å². The lowest BCUT2D eigenvalue weighted by Gasteiger charge is -2.21. The van der Waals surface area contributed by atoms with E-state index in [9.17, 15) is 43.2 Å². The summed E-state index contributed by atoms with van der Waals surface area (Å²) in [4.78, 5) is 72.9. The van der Waals surface area contributed by atoms with Crippen molar-refractivity contribution in [1.29, 1.82) is 0 Å². The Hall–Kier alpha value is -3.24. The van der Waals surface area contributed by atoms with Crippen molar-refractivity contribution in [3.63, 3.8) is 0 Å². The Morgan fingerprint density at radius 3 is 0.837 bits per heavy atom. The van der Waals surface area contributed by atoms with Crippen LogP contribution >= 0.6 is 15.6 Å². The Morgan fingerprint density at radius 1 is 0.296 bits per heavy atom. The van der Waals surface area contributed by atoms with Gasteiger partial charge in [0, 0.05) is 25.7 Å². The van der Waals surface area contributed by atoms with Gasteiger partial charge in [0.05, 0.1) is 26.4 Å². The molecule has 3 N–H and O–H groups in total. The molecule has 98 heavy (non-hydrogen) atoms. The molecule has 0 saturated heterocycles. The van der Waals surface area contributed by atoms with Crippen LogP contribution in [0.15, 0.2) is 60.8 Å². The molecular weight excluding hydrogens is 1280 g/mol. The summed E-state index contributed by atoms with van der Waals surface area (Å²) in [6.07, 6.45) is 70.5. The average Bonchev–Trinajstić information content (AvgIpc) is 0.959. The van der Waals surface area contributed by atoms with Crippen molar-refractivity contribution < 1.29 is 80.2 Å². The topological polar surface area (TPSA) is 237 Å². The number of phosphoric acid groups is 2. The molecule has 0 aromatic carbocycles. The highest BCUT2D eigenvalue weighted by molar-refractivity contribution is 7.47. The number of carbonyl (C=O) groups is 4. The Bertz CT molecular complexity index is 2100. The van der Waals surface area contributed by atoms with Crippen LogP contribution in [0.3, 0.4) is 0 Å². The van der Waals surface area contributed by atoms with E-state index in [4.69, 9.17) is 37.0 Å². The van der Waals surface area contributed by atoms with Gasteiger partial charge in [-0.25, -0.2) is 9.13 Å². The smallest absolute Gasteiger partial charge is 0.462 e. The first-order valence-electron chi connectivity index (χ1n) is 39.5. The van der Waals surface area contributed by atoms with E-state index in [-0.39, 0.29) is 25.7 Å². The van der Waals surface area contributed by atoms with E-state index in [0.717, 1.165) is 148 Å². The summed E-state index contributed by atoms with van der Waals surface area (Å²) in [6.45, 7) is 4.78. The predicted octanol–water partition coefficient (Wildman–Crippen LogP) is 22.7. The third kappa shape index (κ3) is 71.2. The summed E-state index contributed by atoms with van der Waals surface area (Å²) in [5.41, 5.74) is 0. The molecule has 0 bridgehead atoms. The van der Waals surface area contributed by atoms with E-state index in [2.05, 4.69) is 88.5 Å². The predicted molar refractivity (Wildman–Crippen MR) is 400 cm³/mol. The highest BCUT2D eigenvalue weighted by atomic mass is 31.2. The Labute approximate surface area is 597 Å². The number of rotatable bonds is 75. The Morgan fingerprint density at radius 2 is 0.531 bits per heavy atom. The van der Waals surface area contributed by atoms with Gasteiger partial charge in [-0.15, -0.1) is 0 Å². The zero-order valence-corrected chi connectivity index (χ0v) is 64.3. The first-order chi connectivity index (χ1) is 47.7. The third-order valence-electron chi connectivity index (χ3n) is 17.0. The highest BCUT2D eigenvalue weighted by Gasteiger charge is 2.30. The largest absolute Gasteiger partial charge is 0.472 e. The van der Waals surface area contributed by atoms with Crippen molar-refractivity contribution >= 4 is 39.5 Å². The Kier molecular flexibility index (Phi) is 69.7. The van der Waals surface area contributed by atoms with Crippen molar-refractivity contribution in [1.82, 2.24) is 0 Å². The second-order valence-electron chi connectivity index (χ2n) is 26.6. The van der Waals surface area contributed by atoms with Crippen LogP contribution in [-0.2, 0) is 65.4 Å². The summed E-state index contributed by atoms with van der Waals surface area (Å²) in [5.74, 6) is -2.17. The number of hydrogen-bond donors (Lipinski definition) is 3. The minimum Gasteiger partial charge on any atom is -0.462 e. The molecule has 5 unspecified atom stereocenters. The molecule has 0 amide bonds. The molecule has 572 valence electrons.